The van der Waals surface area contributed by atoms with E-state index in [0.717, 1.165) is 24.0 Å². The second-order valence-corrected chi connectivity index (χ2v) is 6.42. The minimum Gasteiger partial charge on any atom is -0.368 e. The molecule has 5 nitrogen and oxygen atoms in total. The van der Waals surface area contributed by atoms with Gasteiger partial charge in [-0.25, -0.2) is 0 Å². The number of nitrogens with zero attached hydrogens (tertiary/aromatic N) is 1. The average Bonchev–Trinajstić information content (AvgIpc) is 2.90. The molecule has 1 aromatic rings. The van der Waals surface area contributed by atoms with Crippen LogP contribution in [0.2, 0.25) is 0 Å². The highest BCUT2D eigenvalue weighted by molar-refractivity contribution is 5.92. The summed E-state index contributed by atoms with van der Waals surface area (Å²) >= 11 is 0. The third kappa shape index (κ3) is 3.30. The Morgan fingerprint density at radius 1 is 1.18 bits per heavy atom. The topological polar surface area (TPSA) is 75.4 Å². The largest absolute Gasteiger partial charge is 0.368 e. The quantitative estimate of drug-likeness (QED) is 0.866. The minimum atomic E-state index is -0.879. The Hall–Kier alpha value is -1.88. The molecule has 0 aliphatic heterocycles. The van der Waals surface area contributed by atoms with Gasteiger partial charge in [-0.05, 0) is 39.4 Å². The van der Waals surface area contributed by atoms with Crippen LogP contribution in [-0.2, 0) is 9.59 Å². The second-order valence-electron chi connectivity index (χ2n) is 6.42. The van der Waals surface area contributed by atoms with Crippen molar-refractivity contribution in [2.24, 2.45) is 5.73 Å². The molecule has 1 aromatic carbocycles. The van der Waals surface area contributed by atoms with E-state index in [0.29, 0.717) is 12.8 Å². The molecule has 2 amide bonds. The maximum Gasteiger partial charge on any atom is 0.243 e. The van der Waals surface area contributed by atoms with Crippen molar-refractivity contribution >= 4 is 11.8 Å². The van der Waals surface area contributed by atoms with E-state index in [1.165, 1.54) is 0 Å². The summed E-state index contributed by atoms with van der Waals surface area (Å²) in [5, 5.41) is 2.93. The Kier molecular flexibility index (Phi) is 4.86. The molecule has 0 bridgehead atoms. The summed E-state index contributed by atoms with van der Waals surface area (Å²) < 4.78 is 0. The Morgan fingerprint density at radius 3 is 2.18 bits per heavy atom. The van der Waals surface area contributed by atoms with Gasteiger partial charge in [-0.3, -0.25) is 14.5 Å². The number of carbonyl (C=O) groups excluding carboxylic acids is 2. The molecule has 0 saturated heterocycles. The lowest BCUT2D eigenvalue weighted by molar-refractivity contribution is -0.134. The number of hydrogen-bond donors (Lipinski definition) is 2. The summed E-state index contributed by atoms with van der Waals surface area (Å²) in [6.07, 6.45) is 3.09. The van der Waals surface area contributed by atoms with Crippen LogP contribution in [0, 0.1) is 6.92 Å². The molecule has 22 heavy (non-hydrogen) atoms. The smallest absolute Gasteiger partial charge is 0.243 e. The van der Waals surface area contributed by atoms with Gasteiger partial charge >= 0.3 is 0 Å². The summed E-state index contributed by atoms with van der Waals surface area (Å²) in [7, 11) is 3.71. The van der Waals surface area contributed by atoms with Crippen LogP contribution in [0.3, 0.4) is 0 Å². The predicted molar refractivity (Wildman–Crippen MR) is 86.1 cm³/mol. The molecule has 3 N–H and O–H groups in total. The molecule has 120 valence electrons. The SMILES string of the molecule is Cc1ccc(C(C(=O)NC2(C(N)=O)CCCC2)N(C)C)cc1. The molecule has 1 aliphatic rings. The molecule has 0 spiro atoms. The zero-order valence-corrected chi connectivity index (χ0v) is 13.6. The van der Waals surface area contributed by atoms with Crippen molar-refractivity contribution < 1.29 is 9.59 Å². The van der Waals surface area contributed by atoms with Crippen molar-refractivity contribution in [3.05, 3.63) is 35.4 Å². The third-order valence-electron chi connectivity index (χ3n) is 4.45. The lowest BCUT2D eigenvalue weighted by Gasteiger charge is -2.31. The molecular weight excluding hydrogens is 278 g/mol. The van der Waals surface area contributed by atoms with Crippen LogP contribution >= 0.6 is 0 Å². The normalized spacial score (nSPS) is 18.2. The van der Waals surface area contributed by atoms with E-state index in [9.17, 15) is 9.59 Å². The van der Waals surface area contributed by atoms with Crippen LogP contribution in [0.25, 0.3) is 0 Å². The molecule has 1 fully saturated rings. The number of benzene rings is 1. The van der Waals surface area contributed by atoms with Crippen LogP contribution in [0.15, 0.2) is 24.3 Å². The van der Waals surface area contributed by atoms with Crippen LogP contribution in [0.1, 0.15) is 42.9 Å². The molecule has 2 rings (SSSR count). The third-order valence-corrected chi connectivity index (χ3v) is 4.45. The van der Waals surface area contributed by atoms with Crippen molar-refractivity contribution in [1.29, 1.82) is 0 Å². The molecule has 0 heterocycles. The van der Waals surface area contributed by atoms with Crippen molar-refractivity contribution in [2.75, 3.05) is 14.1 Å². The summed E-state index contributed by atoms with van der Waals surface area (Å²) in [5.74, 6) is -0.602. The van der Waals surface area contributed by atoms with Gasteiger partial charge in [-0.15, -0.1) is 0 Å². The van der Waals surface area contributed by atoms with Gasteiger partial charge in [0.2, 0.25) is 11.8 Å². The Bertz CT molecular complexity index is 546. The van der Waals surface area contributed by atoms with Crippen LogP contribution in [0.5, 0.6) is 0 Å². The number of nitrogens with two attached hydrogens (primary N) is 1. The number of amides is 2. The molecule has 0 aromatic heterocycles. The lowest BCUT2D eigenvalue weighted by Crippen LogP contribution is -2.57. The van der Waals surface area contributed by atoms with Crippen LogP contribution in [0.4, 0.5) is 0 Å². The maximum atomic E-state index is 12.8. The van der Waals surface area contributed by atoms with Gasteiger partial charge < -0.3 is 11.1 Å². The van der Waals surface area contributed by atoms with Crippen molar-refractivity contribution in [1.82, 2.24) is 10.2 Å². The lowest BCUT2D eigenvalue weighted by atomic mass is 9.95. The maximum absolute atomic E-state index is 12.8. The van der Waals surface area contributed by atoms with Gasteiger partial charge in [0.1, 0.15) is 11.6 Å². The number of hydrogen-bond acceptors (Lipinski definition) is 3. The van der Waals surface area contributed by atoms with Gasteiger partial charge in [0, 0.05) is 0 Å². The second kappa shape index (κ2) is 6.48. The number of primary amides is 1. The first-order valence-corrected chi connectivity index (χ1v) is 7.71. The summed E-state index contributed by atoms with van der Waals surface area (Å²) in [5.41, 5.74) is 6.72. The average molecular weight is 303 g/mol. The molecule has 5 heteroatoms. The van der Waals surface area contributed by atoms with Gasteiger partial charge in [-0.2, -0.15) is 0 Å². The fourth-order valence-electron chi connectivity index (χ4n) is 3.15. The van der Waals surface area contributed by atoms with Gasteiger partial charge in [0.25, 0.3) is 0 Å². The first kappa shape index (κ1) is 16.5. The molecule has 1 aliphatic carbocycles. The fraction of sp³-hybridized carbons (Fsp3) is 0.529. The van der Waals surface area contributed by atoms with Gasteiger partial charge in [0.05, 0.1) is 0 Å². The van der Waals surface area contributed by atoms with E-state index in [-0.39, 0.29) is 5.91 Å². The first-order valence-electron chi connectivity index (χ1n) is 7.71. The number of nitrogens with one attached hydrogen (secondary N) is 1. The number of likely N-dealkylation sites (N-methyl/N-ethyl adjacent to an activating group) is 1. The summed E-state index contributed by atoms with van der Waals surface area (Å²) in [4.78, 5) is 26.5. The predicted octanol–water partition coefficient (Wildman–Crippen LogP) is 1.51. The molecule has 1 saturated carbocycles. The molecule has 1 unspecified atom stereocenters. The van der Waals surface area contributed by atoms with Gasteiger partial charge in [0.15, 0.2) is 0 Å². The van der Waals surface area contributed by atoms with E-state index in [2.05, 4.69) is 5.32 Å². The molecule has 1 atom stereocenters. The zero-order chi connectivity index (χ0) is 16.3. The first-order chi connectivity index (χ1) is 10.4. The van der Waals surface area contributed by atoms with Crippen LogP contribution in [-0.4, -0.2) is 36.3 Å². The van der Waals surface area contributed by atoms with E-state index >= 15 is 0 Å². The standard InChI is InChI=1S/C17H25N3O2/c1-12-6-8-13(9-7-12)14(20(2)3)15(21)19-17(16(18)22)10-4-5-11-17/h6-9,14H,4-5,10-11H2,1-3H3,(H2,18,22)(H,19,21). The Balaban J connectivity index is 2.23. The van der Waals surface area contributed by atoms with E-state index in [1.54, 1.807) is 0 Å². The highest BCUT2D eigenvalue weighted by Crippen LogP contribution is 2.30. The van der Waals surface area contributed by atoms with Crippen molar-refractivity contribution in [3.63, 3.8) is 0 Å². The summed E-state index contributed by atoms with van der Waals surface area (Å²) in [6.45, 7) is 2.01. The number of aryl methyl sites for hydroxylation is 1. The fourth-order valence-corrected chi connectivity index (χ4v) is 3.15. The Morgan fingerprint density at radius 2 is 1.73 bits per heavy atom. The summed E-state index contributed by atoms with van der Waals surface area (Å²) in [6, 6.07) is 7.44. The monoisotopic (exact) mass is 303 g/mol. The number of rotatable bonds is 5. The zero-order valence-electron chi connectivity index (χ0n) is 13.6. The van der Waals surface area contributed by atoms with Crippen LogP contribution < -0.4 is 11.1 Å². The Labute approximate surface area is 131 Å². The minimum absolute atomic E-state index is 0.172. The van der Waals surface area contributed by atoms with Crippen molar-refractivity contribution in [2.45, 2.75) is 44.2 Å². The highest BCUT2D eigenvalue weighted by Gasteiger charge is 2.42. The molecular formula is C17H25N3O2. The van der Waals surface area contributed by atoms with E-state index in [1.807, 2.05) is 50.2 Å². The van der Waals surface area contributed by atoms with E-state index < -0.39 is 17.5 Å². The number of carbonyl (C=O) groups is 2. The van der Waals surface area contributed by atoms with Gasteiger partial charge in [-0.1, -0.05) is 42.7 Å². The van der Waals surface area contributed by atoms with Crippen molar-refractivity contribution in [3.8, 4) is 0 Å². The highest BCUT2D eigenvalue weighted by atomic mass is 16.2. The molecule has 0 radical (unpaired) electrons. The van der Waals surface area contributed by atoms with E-state index in [4.69, 9.17) is 5.73 Å².